The first-order valence-corrected chi connectivity index (χ1v) is 9.86. The number of hydrogen-bond donors (Lipinski definition) is 1. The molecule has 30 heavy (non-hydrogen) atoms. The van der Waals surface area contributed by atoms with Gasteiger partial charge in [-0.2, -0.15) is 0 Å². The average molecular weight is 404 g/mol. The maximum Gasteiger partial charge on any atom is 0.255 e. The molecule has 1 saturated heterocycles. The molecule has 1 fully saturated rings. The second-order valence-corrected chi connectivity index (χ2v) is 7.56. The lowest BCUT2D eigenvalue weighted by Crippen LogP contribution is -2.56. The lowest BCUT2D eigenvalue weighted by Gasteiger charge is -2.37. The Balaban J connectivity index is 1.83. The zero-order chi connectivity index (χ0) is 21.4. The van der Waals surface area contributed by atoms with Gasteiger partial charge in [0.2, 0.25) is 11.9 Å². The van der Waals surface area contributed by atoms with Gasteiger partial charge in [-0.05, 0) is 32.0 Å². The van der Waals surface area contributed by atoms with Crippen molar-refractivity contribution in [3.8, 4) is 11.3 Å². The number of likely N-dealkylation sites (N-methyl/N-ethyl adjacent to an activating group) is 1. The van der Waals surface area contributed by atoms with Crippen molar-refractivity contribution < 1.29 is 9.59 Å². The molecule has 0 saturated carbocycles. The highest BCUT2D eigenvalue weighted by molar-refractivity contribution is 6.08. The number of benzene rings is 1. The number of amides is 2. The van der Waals surface area contributed by atoms with Crippen LogP contribution in [0.2, 0.25) is 0 Å². The van der Waals surface area contributed by atoms with Crippen LogP contribution in [0.4, 0.5) is 5.95 Å². The van der Waals surface area contributed by atoms with Gasteiger partial charge in [-0.25, -0.2) is 15.0 Å². The van der Waals surface area contributed by atoms with Crippen LogP contribution in [0.3, 0.4) is 0 Å². The van der Waals surface area contributed by atoms with E-state index in [1.807, 2.05) is 25.1 Å². The molecule has 4 rings (SSSR count). The fraction of sp³-hybridized carbons (Fsp3) is 0.318. The summed E-state index contributed by atoms with van der Waals surface area (Å²) in [5.41, 5.74) is 3.61. The maximum absolute atomic E-state index is 13.6. The van der Waals surface area contributed by atoms with Crippen molar-refractivity contribution in [2.24, 2.45) is 0 Å². The van der Waals surface area contributed by atoms with Crippen molar-refractivity contribution in [1.29, 1.82) is 0 Å². The van der Waals surface area contributed by atoms with Crippen LogP contribution in [0, 0.1) is 6.92 Å². The highest BCUT2D eigenvalue weighted by atomic mass is 16.2. The third-order valence-electron chi connectivity index (χ3n) is 5.50. The summed E-state index contributed by atoms with van der Waals surface area (Å²) < 4.78 is 0. The monoisotopic (exact) mass is 404 g/mol. The topological polar surface area (TPSA) is 91.3 Å². The van der Waals surface area contributed by atoms with Crippen LogP contribution in [0.1, 0.15) is 22.8 Å². The average Bonchev–Trinajstić information content (AvgIpc) is 2.76. The molecule has 0 unspecified atom stereocenters. The third-order valence-corrected chi connectivity index (χ3v) is 5.50. The van der Waals surface area contributed by atoms with E-state index >= 15 is 0 Å². The first-order valence-electron chi connectivity index (χ1n) is 9.86. The number of pyridine rings is 1. The smallest absolute Gasteiger partial charge is 0.255 e. The fourth-order valence-electron chi connectivity index (χ4n) is 3.70. The standard InChI is InChI=1S/C22H24N6O2/c1-13-5-6-18-16(9-13)17(21(30)28-8-7-27(4)20(29)14(28)2)10-19(26-18)15-11-24-22(23-3)25-12-15/h5-6,9-12,14H,7-8H2,1-4H3,(H,23,24,25)/t14-/m1/s1. The van der Waals surface area contributed by atoms with Crippen molar-refractivity contribution in [1.82, 2.24) is 24.8 Å². The van der Waals surface area contributed by atoms with Gasteiger partial charge in [-0.1, -0.05) is 11.6 Å². The Morgan fingerprint density at radius 1 is 1.17 bits per heavy atom. The predicted octanol–water partition coefficient (Wildman–Crippen LogP) is 2.34. The number of aryl methyl sites for hydroxylation is 1. The zero-order valence-corrected chi connectivity index (χ0v) is 17.5. The van der Waals surface area contributed by atoms with E-state index in [4.69, 9.17) is 4.98 Å². The molecule has 2 aromatic heterocycles. The second kappa shape index (κ2) is 7.70. The molecule has 0 radical (unpaired) electrons. The highest BCUT2D eigenvalue weighted by Gasteiger charge is 2.33. The lowest BCUT2D eigenvalue weighted by molar-refractivity contribution is -0.137. The normalized spacial score (nSPS) is 16.8. The number of fused-ring (bicyclic) bond motifs is 1. The number of anilines is 1. The van der Waals surface area contributed by atoms with Crippen LogP contribution < -0.4 is 5.32 Å². The molecule has 0 bridgehead atoms. The predicted molar refractivity (Wildman–Crippen MR) is 115 cm³/mol. The van der Waals surface area contributed by atoms with Crippen LogP contribution in [-0.4, -0.2) is 69.8 Å². The minimum atomic E-state index is -0.508. The quantitative estimate of drug-likeness (QED) is 0.721. The number of aromatic nitrogens is 3. The van der Waals surface area contributed by atoms with E-state index in [0.717, 1.165) is 10.9 Å². The van der Waals surface area contributed by atoms with Crippen LogP contribution in [0.15, 0.2) is 36.7 Å². The molecule has 1 aliphatic rings. The van der Waals surface area contributed by atoms with Crippen LogP contribution in [-0.2, 0) is 4.79 Å². The Morgan fingerprint density at radius 2 is 1.90 bits per heavy atom. The minimum Gasteiger partial charge on any atom is -0.357 e. The number of rotatable bonds is 3. The summed E-state index contributed by atoms with van der Waals surface area (Å²) >= 11 is 0. The van der Waals surface area contributed by atoms with Gasteiger partial charge < -0.3 is 15.1 Å². The number of carbonyl (C=O) groups excluding carboxylic acids is 2. The largest absolute Gasteiger partial charge is 0.357 e. The molecular formula is C22H24N6O2. The van der Waals surface area contributed by atoms with Gasteiger partial charge in [-0.15, -0.1) is 0 Å². The van der Waals surface area contributed by atoms with Gasteiger partial charge >= 0.3 is 0 Å². The van der Waals surface area contributed by atoms with Gasteiger partial charge in [0.25, 0.3) is 5.91 Å². The van der Waals surface area contributed by atoms with Gasteiger partial charge in [-0.3, -0.25) is 9.59 Å². The summed E-state index contributed by atoms with van der Waals surface area (Å²) in [6.07, 6.45) is 3.36. The highest BCUT2D eigenvalue weighted by Crippen LogP contribution is 2.27. The van der Waals surface area contributed by atoms with E-state index in [1.54, 1.807) is 49.3 Å². The van der Waals surface area contributed by atoms with Crippen LogP contribution in [0.5, 0.6) is 0 Å². The second-order valence-electron chi connectivity index (χ2n) is 7.56. The maximum atomic E-state index is 13.6. The molecule has 1 aliphatic heterocycles. The van der Waals surface area contributed by atoms with E-state index in [9.17, 15) is 9.59 Å². The SMILES string of the molecule is CNc1ncc(-c2cc(C(=O)N3CCN(C)C(=O)[C@H]3C)c3cc(C)ccc3n2)cn1. The summed E-state index contributed by atoms with van der Waals surface area (Å²) in [5, 5.41) is 3.66. The van der Waals surface area contributed by atoms with Gasteiger partial charge in [0.1, 0.15) is 6.04 Å². The van der Waals surface area contributed by atoms with Crippen molar-refractivity contribution in [2.45, 2.75) is 19.9 Å². The minimum absolute atomic E-state index is 0.0552. The van der Waals surface area contributed by atoms with Crippen molar-refractivity contribution in [3.05, 3.63) is 47.8 Å². The summed E-state index contributed by atoms with van der Waals surface area (Å²) in [6.45, 7) is 4.76. The molecule has 1 atom stereocenters. The molecule has 0 spiro atoms. The van der Waals surface area contributed by atoms with Crippen molar-refractivity contribution in [3.63, 3.8) is 0 Å². The van der Waals surface area contributed by atoms with E-state index in [1.165, 1.54) is 0 Å². The number of carbonyl (C=O) groups is 2. The first kappa shape index (κ1) is 19.8. The van der Waals surface area contributed by atoms with Gasteiger partial charge in [0, 0.05) is 50.5 Å². The molecule has 2 amide bonds. The first-order chi connectivity index (χ1) is 14.4. The van der Waals surface area contributed by atoms with E-state index in [0.29, 0.717) is 41.4 Å². The Labute approximate surface area is 175 Å². The van der Waals surface area contributed by atoms with E-state index in [2.05, 4.69) is 15.3 Å². The number of nitrogens with zero attached hydrogens (tertiary/aromatic N) is 5. The van der Waals surface area contributed by atoms with Crippen LogP contribution in [0.25, 0.3) is 22.2 Å². The van der Waals surface area contributed by atoms with E-state index < -0.39 is 6.04 Å². The molecule has 8 heteroatoms. The van der Waals surface area contributed by atoms with Gasteiger partial charge in [0.05, 0.1) is 16.8 Å². The summed E-state index contributed by atoms with van der Waals surface area (Å²) in [7, 11) is 3.51. The number of piperazine rings is 1. The molecule has 154 valence electrons. The molecule has 0 aliphatic carbocycles. The summed E-state index contributed by atoms with van der Waals surface area (Å²) in [5.74, 6) is 0.285. The fourth-order valence-corrected chi connectivity index (χ4v) is 3.70. The van der Waals surface area contributed by atoms with Gasteiger partial charge in [0.15, 0.2) is 0 Å². The number of hydrogen-bond acceptors (Lipinski definition) is 6. The Morgan fingerprint density at radius 3 is 2.60 bits per heavy atom. The Kier molecular flexibility index (Phi) is 5.07. The zero-order valence-electron chi connectivity index (χ0n) is 17.5. The Bertz CT molecular complexity index is 1130. The lowest BCUT2D eigenvalue weighted by atomic mass is 10.0. The molecule has 8 nitrogen and oxygen atoms in total. The van der Waals surface area contributed by atoms with Crippen molar-refractivity contribution >= 4 is 28.7 Å². The summed E-state index contributed by atoms with van der Waals surface area (Å²) in [6, 6.07) is 7.10. The molecule has 1 aromatic carbocycles. The summed E-state index contributed by atoms with van der Waals surface area (Å²) in [4.78, 5) is 42.5. The Hall–Kier alpha value is -3.55. The third kappa shape index (κ3) is 3.45. The molecule has 3 aromatic rings. The van der Waals surface area contributed by atoms with E-state index in [-0.39, 0.29) is 11.8 Å². The molecule has 3 heterocycles. The molecular weight excluding hydrogens is 380 g/mol. The number of nitrogens with one attached hydrogen (secondary N) is 1. The molecule has 1 N–H and O–H groups in total. The van der Waals surface area contributed by atoms with Crippen LogP contribution >= 0.6 is 0 Å². The van der Waals surface area contributed by atoms with Crippen molar-refractivity contribution in [2.75, 3.05) is 32.5 Å².